The minimum atomic E-state index is 0. The van der Waals surface area contributed by atoms with E-state index >= 15 is 0 Å². The molecule has 2 nitrogen and oxygen atoms in total. The molecule has 1 aliphatic heterocycles. The Kier molecular flexibility index (Phi) is 5.83. The summed E-state index contributed by atoms with van der Waals surface area (Å²) in [5, 5.41) is 3.54. The molecule has 1 heterocycles. The summed E-state index contributed by atoms with van der Waals surface area (Å²) in [6.07, 6.45) is 8.14. The molecule has 0 aromatic rings. The maximum Gasteiger partial charge on any atom is 0.0494 e. The van der Waals surface area contributed by atoms with Gasteiger partial charge < -0.3 is 10.1 Å². The average Bonchev–Trinajstić information content (AvgIpc) is 2.98. The highest BCUT2D eigenvalue weighted by molar-refractivity contribution is 5.85. The lowest BCUT2D eigenvalue weighted by atomic mass is 10.0. The van der Waals surface area contributed by atoms with Gasteiger partial charge in [-0.15, -0.1) is 12.4 Å². The van der Waals surface area contributed by atoms with Crippen LogP contribution in [0.5, 0.6) is 0 Å². The quantitative estimate of drug-likeness (QED) is 0.717. The van der Waals surface area contributed by atoms with Crippen LogP contribution in [0.3, 0.4) is 0 Å². The number of halogens is 1. The fraction of sp³-hybridized carbons (Fsp3) is 1.00. The summed E-state index contributed by atoms with van der Waals surface area (Å²) >= 11 is 0. The summed E-state index contributed by atoms with van der Waals surface area (Å²) in [7, 11) is 0. The van der Waals surface area contributed by atoms with Crippen molar-refractivity contribution in [3.63, 3.8) is 0 Å². The zero-order valence-electron chi connectivity index (χ0n) is 8.84. The van der Waals surface area contributed by atoms with Crippen LogP contribution in [0, 0.1) is 5.92 Å². The van der Waals surface area contributed by atoms with E-state index in [-0.39, 0.29) is 12.4 Å². The van der Waals surface area contributed by atoms with E-state index in [0.717, 1.165) is 25.2 Å². The summed E-state index contributed by atoms with van der Waals surface area (Å²) in [6, 6.07) is 0.743. The molecule has 0 aromatic carbocycles. The number of hydrogen-bond acceptors (Lipinski definition) is 2. The summed E-state index contributed by atoms with van der Waals surface area (Å²) in [5.41, 5.74) is 0. The number of piperidine rings is 1. The molecule has 1 N–H and O–H groups in total. The molecule has 2 rings (SSSR count). The molecule has 0 amide bonds. The Morgan fingerprint density at radius 3 is 2.64 bits per heavy atom. The van der Waals surface area contributed by atoms with Crippen LogP contribution in [0.2, 0.25) is 0 Å². The minimum absolute atomic E-state index is 0. The van der Waals surface area contributed by atoms with Crippen LogP contribution in [0.4, 0.5) is 0 Å². The molecule has 14 heavy (non-hydrogen) atoms. The first kappa shape index (κ1) is 12.3. The van der Waals surface area contributed by atoms with Crippen LogP contribution in [0.15, 0.2) is 0 Å². The monoisotopic (exact) mass is 219 g/mol. The number of rotatable bonds is 5. The Morgan fingerprint density at radius 2 is 2.00 bits per heavy atom. The van der Waals surface area contributed by atoms with E-state index in [1.54, 1.807) is 0 Å². The Labute approximate surface area is 93.2 Å². The van der Waals surface area contributed by atoms with Gasteiger partial charge >= 0.3 is 0 Å². The van der Waals surface area contributed by atoms with Crippen molar-refractivity contribution in [2.75, 3.05) is 19.8 Å². The van der Waals surface area contributed by atoms with Crippen LogP contribution in [-0.4, -0.2) is 25.8 Å². The second kappa shape index (κ2) is 6.65. The number of nitrogens with one attached hydrogen (secondary N) is 1. The van der Waals surface area contributed by atoms with Gasteiger partial charge in [0.25, 0.3) is 0 Å². The lowest BCUT2D eigenvalue weighted by Gasteiger charge is -2.23. The van der Waals surface area contributed by atoms with Crippen LogP contribution in [0.25, 0.3) is 0 Å². The lowest BCUT2D eigenvalue weighted by molar-refractivity contribution is 0.112. The Morgan fingerprint density at radius 1 is 1.14 bits per heavy atom. The van der Waals surface area contributed by atoms with Crippen molar-refractivity contribution in [2.24, 2.45) is 5.92 Å². The molecule has 0 aromatic heterocycles. The molecule has 1 atom stereocenters. The van der Waals surface area contributed by atoms with Gasteiger partial charge in [0.2, 0.25) is 0 Å². The van der Waals surface area contributed by atoms with Crippen LogP contribution in [0.1, 0.15) is 38.5 Å². The first-order chi connectivity index (χ1) is 6.45. The van der Waals surface area contributed by atoms with E-state index in [9.17, 15) is 0 Å². The van der Waals surface area contributed by atoms with E-state index in [1.165, 1.54) is 45.1 Å². The van der Waals surface area contributed by atoms with Crippen molar-refractivity contribution < 1.29 is 4.74 Å². The zero-order valence-corrected chi connectivity index (χ0v) is 9.65. The van der Waals surface area contributed by atoms with Gasteiger partial charge in [-0.05, 0) is 44.6 Å². The maximum absolute atomic E-state index is 5.62. The van der Waals surface area contributed by atoms with Crippen LogP contribution < -0.4 is 5.32 Å². The van der Waals surface area contributed by atoms with E-state index < -0.39 is 0 Å². The van der Waals surface area contributed by atoms with Crippen molar-refractivity contribution in [2.45, 2.75) is 44.6 Å². The molecule has 1 saturated heterocycles. The molecule has 0 bridgehead atoms. The van der Waals surface area contributed by atoms with E-state index in [4.69, 9.17) is 4.74 Å². The highest BCUT2D eigenvalue weighted by Gasteiger charge is 2.21. The summed E-state index contributed by atoms with van der Waals surface area (Å²) in [6.45, 7) is 3.20. The first-order valence-electron chi connectivity index (χ1n) is 5.76. The Bertz CT molecular complexity index is 144. The smallest absolute Gasteiger partial charge is 0.0494 e. The van der Waals surface area contributed by atoms with E-state index in [0.29, 0.717) is 0 Å². The van der Waals surface area contributed by atoms with Crippen molar-refractivity contribution >= 4 is 12.4 Å². The van der Waals surface area contributed by atoms with Crippen molar-refractivity contribution in [3.8, 4) is 0 Å². The molecular formula is C11H22ClNO. The fourth-order valence-corrected chi connectivity index (χ4v) is 1.93. The minimum Gasteiger partial charge on any atom is -0.381 e. The molecular weight excluding hydrogens is 198 g/mol. The zero-order chi connectivity index (χ0) is 8.93. The third-order valence-electron chi connectivity index (χ3n) is 3.07. The van der Waals surface area contributed by atoms with Gasteiger partial charge in [0.05, 0.1) is 0 Å². The summed E-state index contributed by atoms with van der Waals surface area (Å²) in [5.74, 6) is 0.916. The van der Waals surface area contributed by atoms with Gasteiger partial charge in [0.1, 0.15) is 0 Å². The molecule has 1 aliphatic carbocycles. The normalized spacial score (nSPS) is 27.0. The van der Waals surface area contributed by atoms with Gasteiger partial charge in [-0.2, -0.15) is 0 Å². The molecule has 1 saturated carbocycles. The van der Waals surface area contributed by atoms with Crippen molar-refractivity contribution in [3.05, 3.63) is 0 Å². The highest BCUT2D eigenvalue weighted by Crippen LogP contribution is 2.28. The molecule has 2 fully saturated rings. The van der Waals surface area contributed by atoms with E-state index in [2.05, 4.69) is 5.32 Å². The van der Waals surface area contributed by atoms with Crippen molar-refractivity contribution in [1.82, 2.24) is 5.32 Å². The van der Waals surface area contributed by atoms with E-state index in [1.807, 2.05) is 0 Å². The van der Waals surface area contributed by atoms with Crippen LogP contribution in [-0.2, 0) is 4.74 Å². The second-order valence-corrected chi connectivity index (χ2v) is 4.45. The third-order valence-corrected chi connectivity index (χ3v) is 3.07. The molecule has 0 radical (unpaired) electrons. The van der Waals surface area contributed by atoms with Gasteiger partial charge in [-0.3, -0.25) is 0 Å². The van der Waals surface area contributed by atoms with Crippen molar-refractivity contribution in [1.29, 1.82) is 0 Å². The predicted octanol–water partition coefficient (Wildman–Crippen LogP) is 2.37. The molecule has 2 aliphatic rings. The van der Waals surface area contributed by atoms with Gasteiger partial charge in [-0.1, -0.05) is 6.42 Å². The lowest BCUT2D eigenvalue weighted by Crippen LogP contribution is -2.34. The molecule has 0 spiro atoms. The second-order valence-electron chi connectivity index (χ2n) is 4.45. The topological polar surface area (TPSA) is 21.3 Å². The molecule has 3 heteroatoms. The van der Waals surface area contributed by atoms with Gasteiger partial charge in [0.15, 0.2) is 0 Å². The highest BCUT2D eigenvalue weighted by atomic mass is 35.5. The Balaban J connectivity index is 0.000000980. The maximum atomic E-state index is 5.62. The van der Waals surface area contributed by atoms with Crippen LogP contribution >= 0.6 is 12.4 Å². The predicted molar refractivity (Wildman–Crippen MR) is 61.0 cm³/mol. The SMILES string of the molecule is C1CCC(CCOCC2CC2)NC1.Cl. The summed E-state index contributed by atoms with van der Waals surface area (Å²) in [4.78, 5) is 0. The average molecular weight is 220 g/mol. The molecule has 84 valence electrons. The standard InChI is InChI=1S/C11H21NO.ClH/c1-2-7-12-11(3-1)6-8-13-9-10-4-5-10;/h10-12H,1-9H2;1H. The van der Waals surface area contributed by atoms with Gasteiger partial charge in [-0.25, -0.2) is 0 Å². The Hall–Kier alpha value is 0.210. The largest absolute Gasteiger partial charge is 0.381 e. The number of hydrogen-bond donors (Lipinski definition) is 1. The first-order valence-corrected chi connectivity index (χ1v) is 5.76. The van der Waals surface area contributed by atoms with Gasteiger partial charge in [0, 0.05) is 19.3 Å². The fourth-order valence-electron chi connectivity index (χ4n) is 1.93. The summed E-state index contributed by atoms with van der Waals surface area (Å²) < 4.78 is 5.62. The third kappa shape index (κ3) is 4.63. The molecule has 1 unspecified atom stereocenters. The number of ether oxygens (including phenoxy) is 1.